The molecule has 6 heteroatoms. The predicted molar refractivity (Wildman–Crippen MR) is 74.5 cm³/mol. The number of aromatic amines is 1. The first-order valence-electron chi connectivity index (χ1n) is 6.00. The molecule has 1 aliphatic heterocycles. The Bertz CT molecular complexity index is 624. The fourth-order valence-electron chi connectivity index (χ4n) is 2.05. The number of H-pyrrole nitrogens is 1. The van der Waals surface area contributed by atoms with Crippen LogP contribution >= 0.6 is 15.9 Å². The molecule has 1 amide bonds. The number of fused-ring (bicyclic) bond motifs is 1. The van der Waals surface area contributed by atoms with Gasteiger partial charge in [-0.2, -0.15) is 5.10 Å². The van der Waals surface area contributed by atoms with Crippen molar-refractivity contribution in [1.29, 1.82) is 0 Å². The molecule has 2 N–H and O–H groups in total. The molecule has 2 aromatic rings. The molecular weight excluding hydrogens is 310 g/mol. The molecule has 2 heterocycles. The van der Waals surface area contributed by atoms with Crippen molar-refractivity contribution in [2.75, 3.05) is 11.9 Å². The molecular formula is C13H12BrN3O2. The highest BCUT2D eigenvalue weighted by Crippen LogP contribution is 2.27. The van der Waals surface area contributed by atoms with E-state index in [1.54, 1.807) is 6.07 Å². The van der Waals surface area contributed by atoms with Crippen LogP contribution in [-0.4, -0.2) is 22.7 Å². The Kier molecular flexibility index (Phi) is 3.25. The van der Waals surface area contributed by atoms with Crippen LogP contribution in [0, 0.1) is 0 Å². The largest absolute Gasteiger partial charge is 0.493 e. The van der Waals surface area contributed by atoms with E-state index in [-0.39, 0.29) is 5.91 Å². The fourth-order valence-corrected chi connectivity index (χ4v) is 2.35. The number of benzene rings is 1. The van der Waals surface area contributed by atoms with E-state index in [0.29, 0.717) is 10.3 Å². The van der Waals surface area contributed by atoms with Gasteiger partial charge in [-0.25, -0.2) is 0 Å². The van der Waals surface area contributed by atoms with Gasteiger partial charge in [-0.1, -0.05) is 0 Å². The first-order chi connectivity index (χ1) is 9.22. The molecule has 0 atom stereocenters. The summed E-state index contributed by atoms with van der Waals surface area (Å²) in [6, 6.07) is 7.32. The van der Waals surface area contributed by atoms with Gasteiger partial charge in [-0.3, -0.25) is 9.89 Å². The average molecular weight is 322 g/mol. The van der Waals surface area contributed by atoms with E-state index in [2.05, 4.69) is 31.4 Å². The van der Waals surface area contributed by atoms with Crippen LogP contribution in [0.15, 0.2) is 28.9 Å². The lowest BCUT2D eigenvalue weighted by Gasteiger charge is -2.17. The van der Waals surface area contributed by atoms with Crippen LogP contribution in [0.2, 0.25) is 0 Å². The minimum atomic E-state index is -0.237. The molecule has 0 bridgehead atoms. The Morgan fingerprint density at radius 3 is 3.11 bits per heavy atom. The van der Waals surface area contributed by atoms with Crippen molar-refractivity contribution in [2.45, 2.75) is 12.8 Å². The predicted octanol–water partition coefficient (Wildman–Crippen LogP) is 2.75. The lowest BCUT2D eigenvalue weighted by atomic mass is 10.1. The minimum Gasteiger partial charge on any atom is -0.493 e. The Morgan fingerprint density at radius 1 is 1.42 bits per heavy atom. The van der Waals surface area contributed by atoms with Crippen LogP contribution in [0.4, 0.5) is 5.69 Å². The van der Waals surface area contributed by atoms with E-state index in [1.807, 2.05) is 18.2 Å². The Hall–Kier alpha value is -1.82. The third kappa shape index (κ3) is 2.63. The molecule has 19 heavy (non-hydrogen) atoms. The average Bonchev–Trinajstić information content (AvgIpc) is 2.85. The van der Waals surface area contributed by atoms with Crippen molar-refractivity contribution in [3.8, 4) is 5.75 Å². The van der Waals surface area contributed by atoms with Crippen molar-refractivity contribution >= 4 is 27.5 Å². The number of anilines is 1. The second kappa shape index (κ2) is 5.05. The van der Waals surface area contributed by atoms with Gasteiger partial charge in [0.25, 0.3) is 5.91 Å². The smallest absolute Gasteiger partial charge is 0.276 e. The number of carbonyl (C=O) groups is 1. The first-order valence-corrected chi connectivity index (χ1v) is 6.80. The monoisotopic (exact) mass is 321 g/mol. The van der Waals surface area contributed by atoms with Crippen LogP contribution in [0.3, 0.4) is 0 Å². The number of hydrogen-bond acceptors (Lipinski definition) is 3. The summed E-state index contributed by atoms with van der Waals surface area (Å²) < 4.78 is 6.21. The van der Waals surface area contributed by atoms with E-state index in [0.717, 1.165) is 36.4 Å². The van der Waals surface area contributed by atoms with E-state index in [1.165, 1.54) is 0 Å². The zero-order valence-electron chi connectivity index (χ0n) is 10.1. The molecule has 98 valence electrons. The second-order valence-corrected chi connectivity index (χ2v) is 5.18. The minimum absolute atomic E-state index is 0.237. The molecule has 0 spiro atoms. The molecule has 3 rings (SSSR count). The summed E-state index contributed by atoms with van der Waals surface area (Å²) in [7, 11) is 0. The highest BCUT2D eigenvalue weighted by molar-refractivity contribution is 9.10. The summed E-state index contributed by atoms with van der Waals surface area (Å²) in [5.74, 6) is 0.672. The number of carbonyl (C=O) groups excluding carboxylic acids is 1. The number of aromatic nitrogens is 2. The van der Waals surface area contributed by atoms with Gasteiger partial charge in [0, 0.05) is 11.8 Å². The summed E-state index contributed by atoms with van der Waals surface area (Å²) in [6.45, 7) is 0.764. The Morgan fingerprint density at radius 2 is 2.32 bits per heavy atom. The maximum absolute atomic E-state index is 11.9. The van der Waals surface area contributed by atoms with Crippen LogP contribution in [-0.2, 0) is 6.42 Å². The molecule has 0 aliphatic carbocycles. The van der Waals surface area contributed by atoms with E-state index in [4.69, 9.17) is 4.74 Å². The number of halogens is 1. The number of nitrogens with one attached hydrogen (secondary N) is 2. The van der Waals surface area contributed by atoms with Crippen LogP contribution in [0.25, 0.3) is 0 Å². The standard InChI is InChI=1S/C13H12BrN3O2/c14-12-7-10(16-17-12)13(18)15-9-3-4-11-8(6-9)2-1-5-19-11/h3-4,6-7H,1-2,5H2,(H,15,18)(H,16,17). The highest BCUT2D eigenvalue weighted by atomic mass is 79.9. The molecule has 0 saturated heterocycles. The van der Waals surface area contributed by atoms with Gasteiger partial charge >= 0.3 is 0 Å². The number of aryl methyl sites for hydroxylation is 1. The summed E-state index contributed by atoms with van der Waals surface area (Å²) in [5, 5.41) is 9.39. The van der Waals surface area contributed by atoms with Gasteiger partial charge in [0.2, 0.25) is 0 Å². The summed E-state index contributed by atoms with van der Waals surface area (Å²) in [4.78, 5) is 11.9. The molecule has 1 aromatic heterocycles. The maximum atomic E-state index is 11.9. The van der Waals surface area contributed by atoms with Crippen molar-refractivity contribution in [3.05, 3.63) is 40.1 Å². The number of nitrogens with zero attached hydrogens (tertiary/aromatic N) is 1. The van der Waals surface area contributed by atoms with Crippen LogP contribution < -0.4 is 10.1 Å². The van der Waals surface area contributed by atoms with Gasteiger partial charge < -0.3 is 10.1 Å². The summed E-state index contributed by atoms with van der Waals surface area (Å²) in [5.41, 5.74) is 2.24. The zero-order valence-corrected chi connectivity index (χ0v) is 11.7. The van der Waals surface area contributed by atoms with Gasteiger partial charge in [0.1, 0.15) is 10.4 Å². The SMILES string of the molecule is O=C(Nc1ccc2c(c1)CCCO2)c1cc(Br)[nH]n1. The van der Waals surface area contributed by atoms with Crippen molar-refractivity contribution in [2.24, 2.45) is 0 Å². The quantitative estimate of drug-likeness (QED) is 0.893. The first kappa shape index (κ1) is 12.2. The molecule has 0 unspecified atom stereocenters. The number of rotatable bonds is 2. The number of amides is 1. The van der Waals surface area contributed by atoms with Gasteiger partial charge in [0.15, 0.2) is 5.69 Å². The van der Waals surface area contributed by atoms with Gasteiger partial charge in [0.05, 0.1) is 6.61 Å². The topological polar surface area (TPSA) is 67.0 Å². The zero-order chi connectivity index (χ0) is 13.2. The van der Waals surface area contributed by atoms with E-state index >= 15 is 0 Å². The third-order valence-electron chi connectivity index (χ3n) is 2.95. The number of hydrogen-bond donors (Lipinski definition) is 2. The highest BCUT2D eigenvalue weighted by Gasteiger charge is 2.13. The lowest BCUT2D eigenvalue weighted by Crippen LogP contribution is -2.14. The van der Waals surface area contributed by atoms with Gasteiger partial charge in [-0.05, 0) is 52.5 Å². The second-order valence-electron chi connectivity index (χ2n) is 4.33. The van der Waals surface area contributed by atoms with Crippen LogP contribution in [0.1, 0.15) is 22.5 Å². The third-order valence-corrected chi connectivity index (χ3v) is 3.35. The normalized spacial score (nSPS) is 13.5. The van der Waals surface area contributed by atoms with Crippen molar-refractivity contribution in [3.63, 3.8) is 0 Å². The molecule has 1 aromatic carbocycles. The van der Waals surface area contributed by atoms with E-state index in [9.17, 15) is 4.79 Å². The van der Waals surface area contributed by atoms with Gasteiger partial charge in [-0.15, -0.1) is 0 Å². The Labute approximate surface area is 118 Å². The molecule has 0 radical (unpaired) electrons. The number of ether oxygens (including phenoxy) is 1. The van der Waals surface area contributed by atoms with Crippen LogP contribution in [0.5, 0.6) is 5.75 Å². The molecule has 5 nitrogen and oxygen atoms in total. The maximum Gasteiger partial charge on any atom is 0.276 e. The molecule has 0 saturated carbocycles. The fraction of sp³-hybridized carbons (Fsp3) is 0.231. The molecule has 0 fully saturated rings. The Balaban J connectivity index is 1.78. The van der Waals surface area contributed by atoms with Crippen molar-refractivity contribution < 1.29 is 9.53 Å². The lowest BCUT2D eigenvalue weighted by molar-refractivity contribution is 0.102. The molecule has 1 aliphatic rings. The summed E-state index contributed by atoms with van der Waals surface area (Å²) in [6.07, 6.45) is 1.99. The summed E-state index contributed by atoms with van der Waals surface area (Å²) >= 11 is 3.22. The van der Waals surface area contributed by atoms with E-state index < -0.39 is 0 Å². The van der Waals surface area contributed by atoms with Crippen molar-refractivity contribution in [1.82, 2.24) is 10.2 Å².